The number of benzene rings is 1. The first-order valence-corrected chi connectivity index (χ1v) is 8.71. The summed E-state index contributed by atoms with van der Waals surface area (Å²) in [4.78, 5) is 0. The molecule has 116 valence electrons. The standard InChI is InChI=1S/C22H28/c1-14(2)19-11-16(4)21-13-20(18-9-7-6-8-10-18)15(3)12-22(21)17(19)5/h11-13,16,18H,1,5-10H2,2-4H3. The van der Waals surface area contributed by atoms with Crippen LogP contribution in [0.1, 0.15) is 80.0 Å². The van der Waals surface area contributed by atoms with E-state index in [1.165, 1.54) is 54.4 Å². The first kappa shape index (κ1) is 15.3. The lowest BCUT2D eigenvalue weighted by molar-refractivity contribution is 0.442. The number of fused-ring (bicyclic) bond motifs is 1. The highest BCUT2D eigenvalue weighted by molar-refractivity contribution is 5.86. The lowest BCUT2D eigenvalue weighted by atomic mass is 9.75. The first-order chi connectivity index (χ1) is 10.5. The molecule has 1 unspecified atom stereocenters. The topological polar surface area (TPSA) is 0 Å². The van der Waals surface area contributed by atoms with Crippen molar-refractivity contribution in [2.75, 3.05) is 0 Å². The Balaban J connectivity index is 2.04. The van der Waals surface area contributed by atoms with Crippen molar-refractivity contribution in [3.8, 4) is 0 Å². The zero-order chi connectivity index (χ0) is 15.9. The summed E-state index contributed by atoms with van der Waals surface area (Å²) in [5.74, 6) is 1.22. The summed E-state index contributed by atoms with van der Waals surface area (Å²) in [5, 5.41) is 0. The molecule has 22 heavy (non-hydrogen) atoms. The van der Waals surface area contributed by atoms with Gasteiger partial charge in [0.2, 0.25) is 0 Å². The Kier molecular flexibility index (Phi) is 4.12. The van der Waals surface area contributed by atoms with E-state index >= 15 is 0 Å². The molecule has 0 N–H and O–H groups in total. The maximum atomic E-state index is 4.35. The van der Waals surface area contributed by atoms with Gasteiger partial charge in [0.15, 0.2) is 0 Å². The first-order valence-electron chi connectivity index (χ1n) is 8.71. The zero-order valence-corrected chi connectivity index (χ0v) is 14.3. The highest BCUT2D eigenvalue weighted by Gasteiger charge is 2.24. The average Bonchev–Trinajstić information content (AvgIpc) is 2.51. The molecule has 0 aromatic heterocycles. The number of allylic oxidation sites excluding steroid dienone is 4. The molecule has 1 atom stereocenters. The molecule has 0 nitrogen and oxygen atoms in total. The Labute approximate surface area is 135 Å². The van der Waals surface area contributed by atoms with Gasteiger partial charge < -0.3 is 0 Å². The quantitative estimate of drug-likeness (QED) is 0.570. The van der Waals surface area contributed by atoms with Crippen molar-refractivity contribution in [1.29, 1.82) is 0 Å². The highest BCUT2D eigenvalue weighted by Crippen LogP contribution is 2.43. The summed E-state index contributed by atoms with van der Waals surface area (Å²) in [6.45, 7) is 15.1. The van der Waals surface area contributed by atoms with Crippen LogP contribution in [0.15, 0.2) is 42.5 Å². The van der Waals surface area contributed by atoms with Crippen LogP contribution in [-0.2, 0) is 0 Å². The summed E-state index contributed by atoms with van der Waals surface area (Å²) in [7, 11) is 0. The van der Waals surface area contributed by atoms with Crippen molar-refractivity contribution in [2.24, 2.45) is 0 Å². The van der Waals surface area contributed by atoms with Crippen molar-refractivity contribution in [1.82, 2.24) is 0 Å². The average molecular weight is 292 g/mol. The van der Waals surface area contributed by atoms with Crippen molar-refractivity contribution in [3.05, 3.63) is 64.8 Å². The summed E-state index contributed by atoms with van der Waals surface area (Å²) in [6.07, 6.45) is 9.27. The van der Waals surface area contributed by atoms with Crippen LogP contribution in [0.2, 0.25) is 0 Å². The second-order valence-electron chi connectivity index (χ2n) is 7.26. The third-order valence-electron chi connectivity index (χ3n) is 5.50. The second-order valence-corrected chi connectivity index (χ2v) is 7.26. The fourth-order valence-corrected chi connectivity index (χ4v) is 4.22. The minimum Gasteiger partial charge on any atom is -0.0955 e. The molecule has 0 saturated heterocycles. The van der Waals surface area contributed by atoms with E-state index in [0.29, 0.717) is 5.92 Å². The number of aryl methyl sites for hydroxylation is 1. The van der Waals surface area contributed by atoms with E-state index in [1.807, 2.05) is 0 Å². The van der Waals surface area contributed by atoms with Crippen LogP contribution in [0.4, 0.5) is 0 Å². The predicted molar refractivity (Wildman–Crippen MR) is 97.4 cm³/mol. The summed E-state index contributed by atoms with van der Waals surface area (Å²) in [6, 6.07) is 4.87. The zero-order valence-electron chi connectivity index (χ0n) is 14.3. The largest absolute Gasteiger partial charge is 0.0955 e. The van der Waals surface area contributed by atoms with Crippen LogP contribution >= 0.6 is 0 Å². The summed E-state index contributed by atoms with van der Waals surface area (Å²) >= 11 is 0. The van der Waals surface area contributed by atoms with E-state index in [9.17, 15) is 0 Å². The number of hydrogen-bond acceptors (Lipinski definition) is 0. The lowest BCUT2D eigenvalue weighted by Crippen LogP contribution is -2.11. The van der Waals surface area contributed by atoms with E-state index in [4.69, 9.17) is 0 Å². The second kappa shape index (κ2) is 5.91. The molecular weight excluding hydrogens is 264 g/mol. The summed E-state index contributed by atoms with van der Waals surface area (Å²) < 4.78 is 0. The smallest absolute Gasteiger partial charge is 0.000512 e. The molecule has 3 rings (SSSR count). The van der Waals surface area contributed by atoms with E-state index in [2.05, 4.69) is 52.1 Å². The molecule has 1 fully saturated rings. The van der Waals surface area contributed by atoms with Gasteiger partial charge >= 0.3 is 0 Å². The van der Waals surface area contributed by atoms with Crippen LogP contribution < -0.4 is 0 Å². The lowest BCUT2D eigenvalue weighted by Gasteiger charge is -2.29. The molecule has 0 radical (unpaired) electrons. The molecule has 0 heteroatoms. The molecule has 0 aliphatic heterocycles. The van der Waals surface area contributed by atoms with Crippen LogP contribution in [0.3, 0.4) is 0 Å². The van der Waals surface area contributed by atoms with Gasteiger partial charge in [-0.2, -0.15) is 0 Å². The number of hydrogen-bond donors (Lipinski definition) is 0. The third kappa shape index (κ3) is 2.60. The van der Waals surface area contributed by atoms with Crippen molar-refractivity contribution < 1.29 is 0 Å². The van der Waals surface area contributed by atoms with E-state index in [-0.39, 0.29) is 0 Å². The number of rotatable bonds is 2. The van der Waals surface area contributed by atoms with Crippen molar-refractivity contribution in [2.45, 2.75) is 64.7 Å². The Morgan fingerprint density at radius 3 is 2.41 bits per heavy atom. The normalized spacial score (nSPS) is 22.2. The van der Waals surface area contributed by atoms with E-state index < -0.39 is 0 Å². The molecule has 0 spiro atoms. The van der Waals surface area contributed by atoms with Crippen LogP contribution in [0.5, 0.6) is 0 Å². The van der Waals surface area contributed by atoms with Crippen LogP contribution in [0, 0.1) is 6.92 Å². The van der Waals surface area contributed by atoms with Gasteiger partial charge in [-0.3, -0.25) is 0 Å². The third-order valence-corrected chi connectivity index (χ3v) is 5.50. The molecule has 1 aromatic carbocycles. The van der Waals surface area contributed by atoms with Gasteiger partial charge in [0, 0.05) is 5.92 Å². The minimum absolute atomic E-state index is 0.454. The predicted octanol–water partition coefficient (Wildman–Crippen LogP) is 6.68. The van der Waals surface area contributed by atoms with E-state index in [0.717, 1.165) is 17.1 Å². The molecule has 2 aliphatic carbocycles. The molecule has 1 saturated carbocycles. The molecular formula is C22H28. The van der Waals surface area contributed by atoms with Crippen molar-refractivity contribution in [3.63, 3.8) is 0 Å². The maximum absolute atomic E-state index is 4.35. The Morgan fingerprint density at radius 2 is 1.77 bits per heavy atom. The molecule has 0 heterocycles. The monoisotopic (exact) mass is 292 g/mol. The van der Waals surface area contributed by atoms with Gasteiger partial charge in [0.05, 0.1) is 0 Å². The van der Waals surface area contributed by atoms with Gasteiger partial charge in [-0.15, -0.1) is 0 Å². The van der Waals surface area contributed by atoms with Crippen LogP contribution in [-0.4, -0.2) is 0 Å². The fourth-order valence-electron chi connectivity index (χ4n) is 4.22. The minimum atomic E-state index is 0.454. The van der Waals surface area contributed by atoms with Crippen LogP contribution in [0.25, 0.3) is 5.57 Å². The molecule has 2 aliphatic rings. The Hall–Kier alpha value is -1.56. The molecule has 0 amide bonds. The maximum Gasteiger partial charge on any atom is 0.000512 e. The Bertz CT molecular complexity index is 651. The van der Waals surface area contributed by atoms with Gasteiger partial charge in [-0.25, -0.2) is 0 Å². The summed E-state index contributed by atoms with van der Waals surface area (Å²) in [5.41, 5.74) is 9.35. The van der Waals surface area contributed by atoms with Crippen molar-refractivity contribution >= 4 is 5.57 Å². The molecule has 1 aromatic rings. The van der Waals surface area contributed by atoms with E-state index in [1.54, 1.807) is 5.56 Å². The fraction of sp³-hybridized carbons (Fsp3) is 0.455. The SMILES string of the molecule is C=C(C)C1=CC(C)c2cc(C3CCCCC3)c(C)cc2C1=C. The van der Waals surface area contributed by atoms with Gasteiger partial charge in [-0.1, -0.05) is 63.1 Å². The highest BCUT2D eigenvalue weighted by atomic mass is 14.3. The Morgan fingerprint density at radius 1 is 1.09 bits per heavy atom. The van der Waals surface area contributed by atoms with Gasteiger partial charge in [0.1, 0.15) is 0 Å². The van der Waals surface area contributed by atoms with Gasteiger partial charge in [0.25, 0.3) is 0 Å². The van der Waals surface area contributed by atoms with Gasteiger partial charge in [-0.05, 0) is 66.0 Å². The molecule has 0 bridgehead atoms.